The molecular formula is C9H4F18O3Si. The average Bonchev–Trinajstić information content (AvgIpc) is 2.37. The van der Waals surface area contributed by atoms with E-state index in [1.165, 1.54) is 0 Å². The van der Waals surface area contributed by atoms with E-state index >= 15 is 0 Å². The van der Waals surface area contributed by atoms with Crippen molar-refractivity contribution < 1.29 is 92.3 Å². The Morgan fingerprint density at radius 1 is 0.323 bits per heavy atom. The summed E-state index contributed by atoms with van der Waals surface area (Å²) in [6, 6.07) is 0. The summed E-state index contributed by atoms with van der Waals surface area (Å²) in [5.74, 6) is 0. The van der Waals surface area contributed by atoms with E-state index in [1.54, 1.807) is 0 Å². The standard InChI is InChI=1S/C9H4F18O3Si/c10-4(11,12)1(5(13,14)15)28-31(29-2(6(16,17)18)7(19,20)21)30-3(8(22,23)24)9(25,26)27/h1-3,31H. The summed E-state index contributed by atoms with van der Waals surface area (Å²) in [6.45, 7) is 0. The molecule has 0 aromatic heterocycles. The van der Waals surface area contributed by atoms with Gasteiger partial charge >= 0.3 is 46.6 Å². The van der Waals surface area contributed by atoms with E-state index in [-0.39, 0.29) is 0 Å². The fourth-order valence-corrected chi connectivity index (χ4v) is 3.23. The summed E-state index contributed by atoms with van der Waals surface area (Å²) in [5, 5.41) is 0. The third-order valence-corrected chi connectivity index (χ3v) is 4.01. The molecule has 0 spiro atoms. The van der Waals surface area contributed by atoms with E-state index in [9.17, 15) is 79.0 Å². The van der Waals surface area contributed by atoms with Crippen molar-refractivity contribution in [1.29, 1.82) is 0 Å². The lowest BCUT2D eigenvalue weighted by molar-refractivity contribution is -0.337. The van der Waals surface area contributed by atoms with E-state index in [2.05, 4.69) is 13.3 Å². The Balaban J connectivity index is 6.36. The van der Waals surface area contributed by atoms with E-state index in [4.69, 9.17) is 0 Å². The van der Waals surface area contributed by atoms with Crippen LogP contribution in [0.25, 0.3) is 0 Å². The smallest absolute Gasteiger partial charge is 0.355 e. The molecule has 0 N–H and O–H groups in total. The Labute approximate surface area is 158 Å². The molecule has 0 aromatic carbocycles. The highest BCUT2D eigenvalue weighted by Gasteiger charge is 2.65. The van der Waals surface area contributed by atoms with Gasteiger partial charge in [-0.1, -0.05) is 0 Å². The van der Waals surface area contributed by atoms with Gasteiger partial charge in [0, 0.05) is 0 Å². The lowest BCUT2D eigenvalue weighted by Crippen LogP contribution is -2.57. The van der Waals surface area contributed by atoms with Crippen LogP contribution in [0, 0.1) is 0 Å². The maximum atomic E-state index is 12.4. The number of alkyl halides is 18. The van der Waals surface area contributed by atoms with Crippen LogP contribution in [0.15, 0.2) is 0 Å². The molecule has 0 atom stereocenters. The quantitative estimate of drug-likeness (QED) is 0.348. The molecule has 0 bridgehead atoms. The summed E-state index contributed by atoms with van der Waals surface area (Å²) in [6.07, 6.45) is -56.9. The molecule has 31 heavy (non-hydrogen) atoms. The highest BCUT2D eigenvalue weighted by atomic mass is 28.3. The lowest BCUT2D eigenvalue weighted by Gasteiger charge is -2.33. The number of hydrogen-bond acceptors (Lipinski definition) is 3. The highest BCUT2D eigenvalue weighted by molar-refractivity contribution is 6.36. The first-order valence-corrected chi connectivity index (χ1v) is 7.96. The fourth-order valence-electron chi connectivity index (χ4n) is 1.45. The Hall–Kier alpha value is -1.16. The van der Waals surface area contributed by atoms with Crippen molar-refractivity contribution in [1.82, 2.24) is 0 Å². The van der Waals surface area contributed by atoms with Gasteiger partial charge in [0.2, 0.25) is 18.3 Å². The second-order valence-corrected chi connectivity index (χ2v) is 6.48. The monoisotopic (exact) mass is 530 g/mol. The topological polar surface area (TPSA) is 27.7 Å². The zero-order valence-electron chi connectivity index (χ0n) is 13.3. The Kier molecular flexibility index (Phi) is 8.66. The Morgan fingerprint density at radius 2 is 0.452 bits per heavy atom. The molecule has 0 aliphatic heterocycles. The van der Waals surface area contributed by atoms with Gasteiger partial charge in [-0.2, -0.15) is 79.0 Å². The van der Waals surface area contributed by atoms with Crippen molar-refractivity contribution in [3.05, 3.63) is 0 Å². The lowest BCUT2D eigenvalue weighted by atomic mass is 10.3. The average molecular weight is 530 g/mol. The summed E-state index contributed by atoms with van der Waals surface area (Å²) in [5.41, 5.74) is 0. The molecule has 0 saturated heterocycles. The van der Waals surface area contributed by atoms with Gasteiger partial charge in [0.1, 0.15) is 0 Å². The first kappa shape index (κ1) is 29.8. The number of halogens is 18. The van der Waals surface area contributed by atoms with E-state index in [0.29, 0.717) is 0 Å². The molecule has 0 aliphatic rings. The maximum absolute atomic E-state index is 12.4. The minimum absolute atomic E-state index is 2.67. The molecule has 0 radical (unpaired) electrons. The molecule has 0 rings (SSSR count). The van der Waals surface area contributed by atoms with Crippen LogP contribution in [0.1, 0.15) is 0 Å². The van der Waals surface area contributed by atoms with Crippen LogP contribution in [0.3, 0.4) is 0 Å². The molecule has 0 aliphatic carbocycles. The van der Waals surface area contributed by atoms with Crippen LogP contribution in [-0.2, 0) is 13.3 Å². The fraction of sp³-hybridized carbons (Fsp3) is 1.00. The molecule has 22 heteroatoms. The minimum Gasteiger partial charge on any atom is -0.355 e. The third kappa shape index (κ3) is 9.47. The SMILES string of the molecule is FC(F)(F)C(O[SiH](OC(C(F)(F)F)C(F)(F)F)OC(C(F)(F)F)C(F)(F)F)C(F)(F)F. The summed E-state index contributed by atoms with van der Waals surface area (Å²) in [4.78, 5) is 0. The van der Waals surface area contributed by atoms with E-state index in [0.717, 1.165) is 0 Å². The number of rotatable bonds is 6. The van der Waals surface area contributed by atoms with Crippen LogP contribution in [0.2, 0.25) is 0 Å². The maximum Gasteiger partial charge on any atom is 0.486 e. The molecule has 0 saturated carbocycles. The normalized spacial score (nSPS) is 15.7. The molecular weight excluding hydrogens is 526 g/mol. The minimum atomic E-state index is -6.83. The summed E-state index contributed by atoms with van der Waals surface area (Å²) in [7, 11) is -6.83. The van der Waals surface area contributed by atoms with Crippen molar-refractivity contribution in [2.45, 2.75) is 55.4 Å². The van der Waals surface area contributed by atoms with Gasteiger partial charge in [-0.25, -0.2) is 0 Å². The van der Waals surface area contributed by atoms with Crippen LogP contribution < -0.4 is 0 Å². The molecule has 0 fully saturated rings. The molecule has 0 amide bonds. The van der Waals surface area contributed by atoms with Crippen LogP contribution in [0.4, 0.5) is 79.0 Å². The first-order valence-electron chi connectivity index (χ1n) is 6.55. The van der Waals surface area contributed by atoms with Crippen LogP contribution in [0.5, 0.6) is 0 Å². The predicted molar refractivity (Wildman–Crippen MR) is 58.1 cm³/mol. The van der Waals surface area contributed by atoms with Gasteiger partial charge in [-0.3, -0.25) is 0 Å². The van der Waals surface area contributed by atoms with Gasteiger partial charge in [-0.15, -0.1) is 0 Å². The third-order valence-electron chi connectivity index (χ3n) is 2.53. The zero-order chi connectivity index (χ0) is 25.4. The molecule has 0 aromatic rings. The van der Waals surface area contributed by atoms with Crippen molar-refractivity contribution in [2.24, 2.45) is 0 Å². The van der Waals surface area contributed by atoms with E-state index < -0.39 is 64.9 Å². The van der Waals surface area contributed by atoms with Crippen LogP contribution >= 0.6 is 0 Å². The van der Waals surface area contributed by atoms with Gasteiger partial charge in [0.25, 0.3) is 0 Å². The Morgan fingerprint density at radius 3 is 0.548 bits per heavy atom. The van der Waals surface area contributed by atoms with Gasteiger partial charge in [0.05, 0.1) is 0 Å². The Bertz CT molecular complexity index is 444. The molecule has 188 valence electrons. The highest BCUT2D eigenvalue weighted by Crippen LogP contribution is 2.41. The van der Waals surface area contributed by atoms with Crippen LogP contribution in [-0.4, -0.2) is 64.9 Å². The van der Waals surface area contributed by atoms with Crippen molar-refractivity contribution >= 4 is 9.53 Å². The second-order valence-electron chi connectivity index (χ2n) is 5.09. The number of hydrogen-bond donors (Lipinski definition) is 0. The van der Waals surface area contributed by atoms with Gasteiger partial charge in [-0.05, 0) is 0 Å². The summed E-state index contributed by atoms with van der Waals surface area (Å²) < 4.78 is 231. The first-order chi connectivity index (χ1) is 13.2. The van der Waals surface area contributed by atoms with Crippen molar-refractivity contribution in [3.8, 4) is 0 Å². The largest absolute Gasteiger partial charge is 0.486 e. The van der Waals surface area contributed by atoms with Crippen molar-refractivity contribution in [3.63, 3.8) is 0 Å². The predicted octanol–water partition coefficient (Wildman–Crippen LogP) is 5.23. The van der Waals surface area contributed by atoms with Gasteiger partial charge in [0.15, 0.2) is 0 Å². The zero-order valence-corrected chi connectivity index (χ0v) is 14.5. The molecule has 0 unspecified atom stereocenters. The molecule has 3 nitrogen and oxygen atoms in total. The second kappa shape index (κ2) is 9.00. The van der Waals surface area contributed by atoms with Crippen molar-refractivity contribution in [2.75, 3.05) is 0 Å². The molecule has 0 heterocycles. The summed E-state index contributed by atoms with van der Waals surface area (Å²) >= 11 is 0. The van der Waals surface area contributed by atoms with Gasteiger partial charge < -0.3 is 13.3 Å². The van der Waals surface area contributed by atoms with E-state index in [1.807, 2.05) is 0 Å².